The van der Waals surface area contributed by atoms with Crippen LogP contribution in [0.15, 0.2) is 58.5 Å². The van der Waals surface area contributed by atoms with E-state index in [1.807, 2.05) is 43.3 Å². The van der Waals surface area contributed by atoms with E-state index in [1.54, 1.807) is 17.0 Å². The fourth-order valence-electron chi connectivity index (χ4n) is 3.63. The summed E-state index contributed by atoms with van der Waals surface area (Å²) in [7, 11) is 0. The molecule has 4 rings (SSSR count). The van der Waals surface area contributed by atoms with Gasteiger partial charge in [-0.05, 0) is 55.7 Å². The second-order valence-electron chi connectivity index (χ2n) is 7.98. The maximum atomic E-state index is 13.1. The van der Waals surface area contributed by atoms with Crippen LogP contribution in [0, 0.1) is 5.92 Å². The molecule has 32 heavy (non-hydrogen) atoms. The van der Waals surface area contributed by atoms with E-state index in [-0.39, 0.29) is 17.6 Å². The normalized spacial score (nSPS) is 16.9. The number of thioether (sulfide) groups is 1. The van der Waals surface area contributed by atoms with Crippen LogP contribution in [0.3, 0.4) is 0 Å². The van der Waals surface area contributed by atoms with Gasteiger partial charge >= 0.3 is 0 Å². The van der Waals surface area contributed by atoms with Gasteiger partial charge in [0.25, 0.3) is 5.91 Å². The quantitative estimate of drug-likeness (QED) is 0.675. The van der Waals surface area contributed by atoms with Crippen LogP contribution in [0.5, 0.6) is 5.75 Å². The van der Waals surface area contributed by atoms with Crippen molar-refractivity contribution in [2.75, 3.05) is 17.7 Å². The van der Waals surface area contributed by atoms with E-state index in [9.17, 15) is 9.59 Å². The number of amidine groups is 2. The van der Waals surface area contributed by atoms with Crippen LogP contribution in [-0.2, 0) is 9.59 Å². The van der Waals surface area contributed by atoms with Gasteiger partial charge in [0.1, 0.15) is 17.6 Å². The SMILES string of the molecule is CCOc1ccc(NC(=O)CSC2=Nc3ccccc3C3=N[C@@H](CC(C)C)C(=O)N23)cc1. The molecule has 2 amide bonds. The number of benzene rings is 2. The van der Waals surface area contributed by atoms with Gasteiger partial charge in [-0.25, -0.2) is 9.89 Å². The van der Waals surface area contributed by atoms with Crippen LogP contribution in [0.2, 0.25) is 0 Å². The summed E-state index contributed by atoms with van der Waals surface area (Å²) in [4.78, 5) is 36.6. The van der Waals surface area contributed by atoms with E-state index < -0.39 is 6.04 Å². The molecule has 0 saturated carbocycles. The van der Waals surface area contributed by atoms with Crippen molar-refractivity contribution in [2.24, 2.45) is 15.9 Å². The van der Waals surface area contributed by atoms with Gasteiger partial charge < -0.3 is 10.1 Å². The van der Waals surface area contributed by atoms with Gasteiger partial charge in [0.15, 0.2) is 5.17 Å². The first-order valence-electron chi connectivity index (χ1n) is 10.7. The molecule has 0 saturated heterocycles. The number of aliphatic imine (C=N–C) groups is 2. The smallest absolute Gasteiger partial charge is 0.259 e. The van der Waals surface area contributed by atoms with Crippen LogP contribution < -0.4 is 10.1 Å². The van der Waals surface area contributed by atoms with Crippen LogP contribution in [0.4, 0.5) is 11.4 Å². The van der Waals surface area contributed by atoms with Crippen LogP contribution in [0.25, 0.3) is 0 Å². The van der Waals surface area contributed by atoms with E-state index >= 15 is 0 Å². The number of hydrogen-bond acceptors (Lipinski definition) is 6. The van der Waals surface area contributed by atoms with Crippen molar-refractivity contribution in [1.29, 1.82) is 0 Å². The lowest BCUT2D eigenvalue weighted by molar-refractivity contribution is -0.125. The van der Waals surface area contributed by atoms with Crippen molar-refractivity contribution >= 4 is 46.0 Å². The Labute approximate surface area is 192 Å². The highest BCUT2D eigenvalue weighted by Crippen LogP contribution is 2.34. The summed E-state index contributed by atoms with van der Waals surface area (Å²) in [6.07, 6.45) is 0.678. The lowest BCUT2D eigenvalue weighted by Crippen LogP contribution is -2.41. The van der Waals surface area contributed by atoms with Crippen molar-refractivity contribution < 1.29 is 14.3 Å². The molecular formula is C24H26N4O3S. The fraction of sp³-hybridized carbons (Fsp3) is 0.333. The molecule has 1 atom stereocenters. The highest BCUT2D eigenvalue weighted by molar-refractivity contribution is 8.14. The Morgan fingerprint density at radius 2 is 1.94 bits per heavy atom. The number of fused-ring (bicyclic) bond motifs is 3. The van der Waals surface area contributed by atoms with Crippen molar-refractivity contribution in [3.63, 3.8) is 0 Å². The number of hydrogen-bond donors (Lipinski definition) is 1. The van der Waals surface area contributed by atoms with E-state index in [4.69, 9.17) is 9.73 Å². The first kappa shape index (κ1) is 22.1. The zero-order chi connectivity index (χ0) is 22.7. The topological polar surface area (TPSA) is 83.4 Å². The molecule has 0 aromatic heterocycles. The number of amides is 2. The molecule has 2 aliphatic heterocycles. The van der Waals surface area contributed by atoms with Crippen LogP contribution in [0.1, 0.15) is 32.8 Å². The molecule has 1 N–H and O–H groups in total. The molecule has 0 aliphatic carbocycles. The minimum Gasteiger partial charge on any atom is -0.494 e. The minimum atomic E-state index is -0.417. The second kappa shape index (κ2) is 9.56. The molecule has 0 bridgehead atoms. The zero-order valence-electron chi connectivity index (χ0n) is 18.4. The third kappa shape index (κ3) is 4.70. The summed E-state index contributed by atoms with van der Waals surface area (Å²) in [5.74, 6) is 1.59. The number of nitrogens with zero attached hydrogens (tertiary/aromatic N) is 3. The third-order valence-electron chi connectivity index (χ3n) is 5.02. The van der Waals surface area contributed by atoms with Crippen molar-refractivity contribution in [2.45, 2.75) is 33.2 Å². The Hall–Kier alpha value is -3.13. The van der Waals surface area contributed by atoms with Gasteiger partial charge in [0.05, 0.1) is 18.0 Å². The van der Waals surface area contributed by atoms with E-state index in [2.05, 4.69) is 24.2 Å². The van der Waals surface area contributed by atoms with Crippen molar-refractivity contribution in [3.05, 3.63) is 54.1 Å². The summed E-state index contributed by atoms with van der Waals surface area (Å²) >= 11 is 1.24. The zero-order valence-corrected chi connectivity index (χ0v) is 19.2. The number of carbonyl (C=O) groups is 2. The number of para-hydroxylation sites is 1. The summed E-state index contributed by atoms with van der Waals surface area (Å²) < 4.78 is 5.42. The Kier molecular flexibility index (Phi) is 6.60. The number of carbonyl (C=O) groups excluding carboxylic acids is 2. The predicted molar refractivity (Wildman–Crippen MR) is 129 cm³/mol. The van der Waals surface area contributed by atoms with Gasteiger partial charge in [-0.1, -0.05) is 37.7 Å². The molecule has 2 aromatic rings. The minimum absolute atomic E-state index is 0.0821. The van der Waals surface area contributed by atoms with Crippen molar-refractivity contribution in [3.8, 4) is 5.75 Å². The van der Waals surface area contributed by atoms with Crippen LogP contribution in [-0.4, -0.2) is 46.1 Å². The lowest BCUT2D eigenvalue weighted by Gasteiger charge is -2.25. The fourth-order valence-corrected chi connectivity index (χ4v) is 4.43. The molecule has 0 fully saturated rings. The molecule has 0 spiro atoms. The second-order valence-corrected chi connectivity index (χ2v) is 8.92. The number of ether oxygens (including phenoxy) is 1. The number of anilines is 1. The molecular weight excluding hydrogens is 424 g/mol. The maximum Gasteiger partial charge on any atom is 0.259 e. The third-order valence-corrected chi connectivity index (χ3v) is 5.96. The molecule has 0 radical (unpaired) electrons. The Morgan fingerprint density at radius 3 is 2.66 bits per heavy atom. The molecule has 2 heterocycles. The van der Waals surface area contributed by atoms with Gasteiger partial charge in [0.2, 0.25) is 5.91 Å². The van der Waals surface area contributed by atoms with E-state index in [0.29, 0.717) is 35.6 Å². The molecule has 7 nitrogen and oxygen atoms in total. The largest absolute Gasteiger partial charge is 0.494 e. The maximum absolute atomic E-state index is 13.1. The summed E-state index contributed by atoms with van der Waals surface area (Å²) in [6, 6.07) is 14.5. The van der Waals surface area contributed by atoms with Gasteiger partial charge in [-0.3, -0.25) is 14.6 Å². The Bertz CT molecular complexity index is 1080. The van der Waals surface area contributed by atoms with Crippen LogP contribution >= 0.6 is 11.8 Å². The average molecular weight is 451 g/mol. The summed E-state index contributed by atoms with van der Waals surface area (Å²) in [6.45, 7) is 6.67. The van der Waals surface area contributed by atoms with Crippen molar-refractivity contribution in [1.82, 2.24) is 4.90 Å². The van der Waals surface area contributed by atoms with Gasteiger partial charge in [0, 0.05) is 11.3 Å². The molecule has 8 heteroatoms. The number of nitrogens with one attached hydrogen (secondary N) is 1. The summed E-state index contributed by atoms with van der Waals surface area (Å²) in [5.41, 5.74) is 2.29. The first-order valence-corrected chi connectivity index (χ1v) is 11.7. The van der Waals surface area contributed by atoms with E-state index in [0.717, 1.165) is 17.0 Å². The number of rotatable bonds is 7. The van der Waals surface area contributed by atoms with E-state index in [1.165, 1.54) is 11.8 Å². The molecule has 2 aliphatic rings. The highest BCUT2D eigenvalue weighted by Gasteiger charge is 2.41. The first-order chi connectivity index (χ1) is 15.5. The Balaban J connectivity index is 1.48. The summed E-state index contributed by atoms with van der Waals surface area (Å²) in [5, 5.41) is 3.36. The molecule has 166 valence electrons. The highest BCUT2D eigenvalue weighted by atomic mass is 32.2. The average Bonchev–Trinajstić information content (AvgIpc) is 3.09. The predicted octanol–water partition coefficient (Wildman–Crippen LogP) is 4.46. The monoisotopic (exact) mass is 450 g/mol. The molecule has 2 aromatic carbocycles. The van der Waals surface area contributed by atoms with Gasteiger partial charge in [-0.15, -0.1) is 0 Å². The Morgan fingerprint density at radius 1 is 1.19 bits per heavy atom. The van der Waals surface area contributed by atoms with Gasteiger partial charge in [-0.2, -0.15) is 0 Å². The lowest BCUT2D eigenvalue weighted by atomic mass is 10.0. The molecule has 0 unspecified atom stereocenters. The standard InChI is InChI=1S/C24H26N4O3S/c1-4-31-17-11-9-16(10-12-17)25-21(29)14-32-24-27-19-8-6-5-7-18(19)22-26-20(13-15(2)3)23(30)28(22)24/h5-12,15,20H,4,13-14H2,1-3H3,(H,25,29)/t20-/m0/s1.